The summed E-state index contributed by atoms with van der Waals surface area (Å²) in [5, 5.41) is 9.38. The molecule has 4 rings (SSSR count). The molecule has 0 spiro atoms. The predicted octanol–water partition coefficient (Wildman–Crippen LogP) is 2.72. The van der Waals surface area contributed by atoms with Gasteiger partial charge in [-0.15, -0.1) is 0 Å². The first-order chi connectivity index (χ1) is 15.1. The highest BCUT2D eigenvalue weighted by molar-refractivity contribution is 5.79. The monoisotopic (exact) mass is 428 g/mol. The van der Waals surface area contributed by atoms with E-state index in [2.05, 4.69) is 25.8 Å². The predicted molar refractivity (Wildman–Crippen MR) is 120 cm³/mol. The number of pyridine rings is 1. The Kier molecular flexibility index (Phi) is 7.43. The molecule has 0 radical (unpaired) electrons. The van der Waals surface area contributed by atoms with Crippen LogP contribution in [0.5, 0.6) is 0 Å². The molecule has 1 amide bonds. The van der Waals surface area contributed by atoms with Crippen LogP contribution in [0.15, 0.2) is 24.4 Å². The molecule has 7 heteroatoms. The van der Waals surface area contributed by atoms with Crippen molar-refractivity contribution in [1.29, 1.82) is 0 Å². The number of carbonyl (C=O) groups excluding carboxylic acids is 1. The SMILES string of the molecule is O=C(O)CC1CCN(C(=O)C2CCCC2)CC1CCN1CCN(c2ccccn2)CC1. The van der Waals surface area contributed by atoms with E-state index in [1.807, 2.05) is 18.3 Å². The first-order valence-corrected chi connectivity index (χ1v) is 12.0. The molecule has 2 aliphatic heterocycles. The molecule has 2 unspecified atom stereocenters. The third-order valence-electron chi connectivity index (χ3n) is 7.51. The van der Waals surface area contributed by atoms with E-state index in [9.17, 15) is 14.7 Å². The fraction of sp³-hybridized carbons (Fsp3) is 0.708. The van der Waals surface area contributed by atoms with Gasteiger partial charge >= 0.3 is 5.97 Å². The number of aromatic nitrogens is 1. The quantitative estimate of drug-likeness (QED) is 0.720. The molecule has 1 N–H and O–H groups in total. The Bertz CT molecular complexity index is 730. The molecule has 1 aliphatic carbocycles. The maximum absolute atomic E-state index is 12.9. The average Bonchev–Trinajstić information content (AvgIpc) is 3.33. The minimum atomic E-state index is -0.713. The van der Waals surface area contributed by atoms with Crippen molar-refractivity contribution >= 4 is 17.7 Å². The highest BCUT2D eigenvalue weighted by atomic mass is 16.4. The molecule has 0 bridgehead atoms. The van der Waals surface area contributed by atoms with Gasteiger partial charge in [0, 0.05) is 57.8 Å². The molecule has 7 nitrogen and oxygen atoms in total. The van der Waals surface area contributed by atoms with Gasteiger partial charge < -0.3 is 14.9 Å². The molecular weight excluding hydrogens is 392 g/mol. The van der Waals surface area contributed by atoms with Crippen LogP contribution in [-0.2, 0) is 9.59 Å². The van der Waals surface area contributed by atoms with Crippen molar-refractivity contribution in [2.24, 2.45) is 17.8 Å². The number of rotatable bonds is 7. The van der Waals surface area contributed by atoms with Gasteiger partial charge in [0.1, 0.15) is 5.82 Å². The molecule has 1 aromatic rings. The number of nitrogens with zero attached hydrogens (tertiary/aromatic N) is 4. The molecule has 2 saturated heterocycles. The number of carboxylic acid groups (broad SMARTS) is 1. The van der Waals surface area contributed by atoms with Gasteiger partial charge in [-0.1, -0.05) is 18.9 Å². The standard InChI is InChI=1S/C24H36N4O3/c29-23(30)17-20-9-12-28(24(31)19-5-1-2-6-19)18-21(20)8-11-26-13-15-27(16-14-26)22-7-3-4-10-25-22/h3-4,7,10,19-21H,1-2,5-6,8-9,11-18H2,(H,29,30). The van der Waals surface area contributed by atoms with Crippen molar-refractivity contribution in [2.75, 3.05) is 50.7 Å². The minimum Gasteiger partial charge on any atom is -0.481 e. The van der Waals surface area contributed by atoms with Crippen LogP contribution in [0.3, 0.4) is 0 Å². The molecule has 3 heterocycles. The molecule has 1 aromatic heterocycles. The third kappa shape index (κ3) is 5.76. The van der Waals surface area contributed by atoms with Gasteiger partial charge in [0.25, 0.3) is 0 Å². The Hall–Kier alpha value is -2.15. The number of hydrogen-bond donors (Lipinski definition) is 1. The lowest BCUT2D eigenvalue weighted by Crippen LogP contribution is -2.49. The van der Waals surface area contributed by atoms with Crippen LogP contribution >= 0.6 is 0 Å². The van der Waals surface area contributed by atoms with Crippen LogP contribution in [0.25, 0.3) is 0 Å². The summed E-state index contributed by atoms with van der Waals surface area (Å²) in [4.78, 5) is 35.7. The van der Waals surface area contributed by atoms with Crippen molar-refractivity contribution in [1.82, 2.24) is 14.8 Å². The van der Waals surface area contributed by atoms with Gasteiger partial charge in [-0.3, -0.25) is 14.5 Å². The Morgan fingerprint density at radius 1 is 1.00 bits per heavy atom. The van der Waals surface area contributed by atoms with Crippen LogP contribution < -0.4 is 4.90 Å². The summed E-state index contributed by atoms with van der Waals surface area (Å²) < 4.78 is 0. The second-order valence-electron chi connectivity index (χ2n) is 9.48. The molecule has 3 fully saturated rings. The maximum atomic E-state index is 12.9. The number of hydrogen-bond acceptors (Lipinski definition) is 5. The van der Waals surface area contributed by atoms with E-state index in [-0.39, 0.29) is 24.2 Å². The van der Waals surface area contributed by atoms with Crippen LogP contribution in [0, 0.1) is 17.8 Å². The van der Waals surface area contributed by atoms with Gasteiger partial charge in [-0.05, 0) is 56.2 Å². The first kappa shape index (κ1) is 22.1. The number of aliphatic carboxylic acids is 1. The number of piperazine rings is 1. The van der Waals surface area contributed by atoms with Crippen molar-refractivity contribution < 1.29 is 14.7 Å². The fourth-order valence-electron chi connectivity index (χ4n) is 5.62. The lowest BCUT2D eigenvalue weighted by atomic mass is 9.80. The molecule has 0 aromatic carbocycles. The first-order valence-electron chi connectivity index (χ1n) is 12.0. The third-order valence-corrected chi connectivity index (χ3v) is 7.51. The summed E-state index contributed by atoms with van der Waals surface area (Å²) in [5.74, 6) is 1.31. The smallest absolute Gasteiger partial charge is 0.303 e. The molecule has 2 atom stereocenters. The summed E-state index contributed by atoms with van der Waals surface area (Å²) in [6.07, 6.45) is 8.24. The fourth-order valence-corrected chi connectivity index (χ4v) is 5.62. The number of amides is 1. The highest BCUT2D eigenvalue weighted by Gasteiger charge is 2.35. The lowest BCUT2D eigenvalue weighted by molar-refractivity contribution is -0.141. The topological polar surface area (TPSA) is 77.0 Å². The summed E-state index contributed by atoms with van der Waals surface area (Å²) >= 11 is 0. The van der Waals surface area contributed by atoms with Crippen LogP contribution in [0.4, 0.5) is 5.82 Å². The van der Waals surface area contributed by atoms with Gasteiger partial charge in [0.15, 0.2) is 0 Å². The summed E-state index contributed by atoms with van der Waals surface area (Å²) in [5.41, 5.74) is 0. The second kappa shape index (κ2) is 10.4. The normalized spacial score (nSPS) is 25.7. The summed E-state index contributed by atoms with van der Waals surface area (Å²) in [6.45, 7) is 6.37. The Balaban J connectivity index is 1.29. The van der Waals surface area contributed by atoms with E-state index in [0.29, 0.717) is 5.91 Å². The molecular formula is C24H36N4O3. The van der Waals surface area contributed by atoms with Gasteiger partial charge in [-0.2, -0.15) is 0 Å². The average molecular weight is 429 g/mol. The largest absolute Gasteiger partial charge is 0.481 e. The number of carbonyl (C=O) groups is 2. The van der Waals surface area contributed by atoms with E-state index in [1.54, 1.807) is 0 Å². The van der Waals surface area contributed by atoms with Gasteiger partial charge in [0.2, 0.25) is 5.91 Å². The number of carboxylic acids is 1. The molecule has 3 aliphatic rings. The minimum absolute atomic E-state index is 0.180. The van der Waals surface area contributed by atoms with Gasteiger partial charge in [0.05, 0.1) is 0 Å². The summed E-state index contributed by atoms with van der Waals surface area (Å²) in [7, 11) is 0. The lowest BCUT2D eigenvalue weighted by Gasteiger charge is -2.41. The van der Waals surface area contributed by atoms with Crippen LogP contribution in [0.2, 0.25) is 0 Å². The summed E-state index contributed by atoms with van der Waals surface area (Å²) in [6, 6.07) is 6.03. The van der Waals surface area contributed by atoms with E-state index in [4.69, 9.17) is 0 Å². The Morgan fingerprint density at radius 3 is 2.45 bits per heavy atom. The van der Waals surface area contributed by atoms with Crippen LogP contribution in [0.1, 0.15) is 44.9 Å². The molecule has 170 valence electrons. The van der Waals surface area contributed by atoms with E-state index in [1.165, 1.54) is 12.8 Å². The second-order valence-corrected chi connectivity index (χ2v) is 9.48. The van der Waals surface area contributed by atoms with E-state index < -0.39 is 5.97 Å². The van der Waals surface area contributed by atoms with E-state index in [0.717, 1.165) is 77.3 Å². The zero-order chi connectivity index (χ0) is 21.6. The number of piperidine rings is 1. The zero-order valence-corrected chi connectivity index (χ0v) is 18.5. The van der Waals surface area contributed by atoms with E-state index >= 15 is 0 Å². The maximum Gasteiger partial charge on any atom is 0.303 e. The van der Waals surface area contributed by atoms with Crippen molar-refractivity contribution in [3.8, 4) is 0 Å². The van der Waals surface area contributed by atoms with Crippen molar-refractivity contribution in [2.45, 2.75) is 44.9 Å². The number of anilines is 1. The van der Waals surface area contributed by atoms with Crippen molar-refractivity contribution in [3.05, 3.63) is 24.4 Å². The highest BCUT2D eigenvalue weighted by Crippen LogP contribution is 2.33. The van der Waals surface area contributed by atoms with Crippen molar-refractivity contribution in [3.63, 3.8) is 0 Å². The number of likely N-dealkylation sites (tertiary alicyclic amines) is 1. The van der Waals surface area contributed by atoms with Crippen LogP contribution in [-0.4, -0.2) is 77.6 Å². The van der Waals surface area contributed by atoms with Gasteiger partial charge in [-0.25, -0.2) is 4.98 Å². The molecule has 1 saturated carbocycles. The zero-order valence-electron chi connectivity index (χ0n) is 18.5. The molecule has 31 heavy (non-hydrogen) atoms. The Morgan fingerprint density at radius 2 is 1.77 bits per heavy atom. The Labute approximate surface area is 185 Å².